The van der Waals surface area contributed by atoms with E-state index in [1.54, 1.807) is 13.3 Å². The van der Waals surface area contributed by atoms with Crippen LogP contribution in [-0.4, -0.2) is 16.9 Å². The van der Waals surface area contributed by atoms with Gasteiger partial charge in [-0.3, -0.25) is 4.68 Å². The van der Waals surface area contributed by atoms with Crippen LogP contribution in [0.2, 0.25) is 0 Å². The number of methoxy groups -OCH3 is 1. The maximum absolute atomic E-state index is 5.11. The fourth-order valence-corrected chi connectivity index (χ4v) is 2.00. The molecule has 0 atom stereocenters. The van der Waals surface area contributed by atoms with Crippen LogP contribution in [-0.2, 0) is 0 Å². The van der Waals surface area contributed by atoms with E-state index in [1.807, 2.05) is 4.68 Å². The average molecular weight is 231 g/mol. The SMILES string of the molecule is COc1cnn(C2CCC2)c1Br. The summed E-state index contributed by atoms with van der Waals surface area (Å²) in [6, 6.07) is 0.586. The number of nitrogens with zero attached hydrogens (tertiary/aromatic N) is 2. The topological polar surface area (TPSA) is 27.1 Å². The van der Waals surface area contributed by atoms with Crippen LogP contribution in [0.15, 0.2) is 10.8 Å². The van der Waals surface area contributed by atoms with Gasteiger partial charge in [0.1, 0.15) is 4.60 Å². The van der Waals surface area contributed by atoms with Crippen molar-refractivity contribution in [2.45, 2.75) is 25.3 Å². The number of aromatic nitrogens is 2. The highest BCUT2D eigenvalue weighted by Gasteiger charge is 2.23. The first-order valence-electron chi connectivity index (χ1n) is 4.10. The van der Waals surface area contributed by atoms with Crippen LogP contribution in [0.25, 0.3) is 0 Å². The van der Waals surface area contributed by atoms with E-state index in [1.165, 1.54) is 19.3 Å². The molecule has 0 unspecified atom stereocenters. The van der Waals surface area contributed by atoms with Gasteiger partial charge in [0.15, 0.2) is 5.75 Å². The van der Waals surface area contributed by atoms with Crippen molar-refractivity contribution >= 4 is 15.9 Å². The molecule has 0 radical (unpaired) electrons. The van der Waals surface area contributed by atoms with Gasteiger partial charge in [-0.2, -0.15) is 5.10 Å². The zero-order chi connectivity index (χ0) is 8.55. The molecule has 1 aromatic heterocycles. The van der Waals surface area contributed by atoms with E-state index in [2.05, 4.69) is 21.0 Å². The molecule has 1 aromatic rings. The van der Waals surface area contributed by atoms with Crippen molar-refractivity contribution in [2.75, 3.05) is 7.11 Å². The zero-order valence-corrected chi connectivity index (χ0v) is 8.54. The summed E-state index contributed by atoms with van der Waals surface area (Å²) >= 11 is 3.46. The molecule has 1 saturated carbocycles. The fraction of sp³-hybridized carbons (Fsp3) is 0.625. The zero-order valence-electron chi connectivity index (χ0n) is 6.96. The van der Waals surface area contributed by atoms with E-state index in [0.29, 0.717) is 6.04 Å². The molecule has 12 heavy (non-hydrogen) atoms. The quantitative estimate of drug-likeness (QED) is 0.781. The molecule has 0 spiro atoms. The summed E-state index contributed by atoms with van der Waals surface area (Å²) in [6.07, 6.45) is 5.55. The third-order valence-electron chi connectivity index (χ3n) is 2.34. The minimum absolute atomic E-state index is 0.586. The second-order valence-electron chi connectivity index (χ2n) is 3.03. The predicted octanol–water partition coefficient (Wildman–Crippen LogP) is 2.38. The standard InChI is InChI=1S/C8H11BrN2O/c1-12-7-5-10-11(8(7)9)6-3-2-4-6/h5-6H,2-4H2,1H3. The smallest absolute Gasteiger partial charge is 0.171 e. The summed E-state index contributed by atoms with van der Waals surface area (Å²) in [6.45, 7) is 0. The molecule has 0 saturated heterocycles. The molecule has 4 heteroatoms. The maximum Gasteiger partial charge on any atom is 0.171 e. The van der Waals surface area contributed by atoms with Gasteiger partial charge < -0.3 is 4.74 Å². The monoisotopic (exact) mass is 230 g/mol. The molecule has 1 aliphatic rings. The highest BCUT2D eigenvalue weighted by Crippen LogP contribution is 2.36. The number of hydrogen-bond donors (Lipinski definition) is 0. The molecule has 1 aliphatic carbocycles. The van der Waals surface area contributed by atoms with Gasteiger partial charge in [-0.25, -0.2) is 0 Å². The van der Waals surface area contributed by atoms with Gasteiger partial charge in [-0.05, 0) is 35.2 Å². The molecular formula is C8H11BrN2O. The summed E-state index contributed by atoms with van der Waals surface area (Å²) in [5.74, 6) is 0.821. The first-order valence-corrected chi connectivity index (χ1v) is 4.89. The van der Waals surface area contributed by atoms with Crippen LogP contribution in [0.4, 0.5) is 0 Å². The van der Waals surface area contributed by atoms with E-state index in [4.69, 9.17) is 4.74 Å². The van der Waals surface area contributed by atoms with Gasteiger partial charge in [-0.15, -0.1) is 0 Å². The summed E-state index contributed by atoms with van der Waals surface area (Å²) in [5.41, 5.74) is 0. The Morgan fingerprint density at radius 1 is 1.67 bits per heavy atom. The van der Waals surface area contributed by atoms with Crippen molar-refractivity contribution in [3.05, 3.63) is 10.8 Å². The molecule has 3 nitrogen and oxygen atoms in total. The Bertz CT molecular complexity index is 281. The fourth-order valence-electron chi connectivity index (χ4n) is 1.35. The van der Waals surface area contributed by atoms with Crippen molar-refractivity contribution in [3.63, 3.8) is 0 Å². The van der Waals surface area contributed by atoms with Crippen LogP contribution in [0.5, 0.6) is 5.75 Å². The maximum atomic E-state index is 5.11. The lowest BCUT2D eigenvalue weighted by molar-refractivity contribution is 0.283. The van der Waals surface area contributed by atoms with Crippen molar-refractivity contribution in [2.24, 2.45) is 0 Å². The van der Waals surface area contributed by atoms with Crippen LogP contribution in [0.1, 0.15) is 25.3 Å². The molecule has 0 bridgehead atoms. The lowest BCUT2D eigenvalue weighted by atomic mass is 9.93. The predicted molar refractivity (Wildman–Crippen MR) is 49.4 cm³/mol. The van der Waals surface area contributed by atoms with E-state index in [-0.39, 0.29) is 0 Å². The number of hydrogen-bond acceptors (Lipinski definition) is 2. The molecule has 0 amide bonds. The summed E-state index contributed by atoms with van der Waals surface area (Å²) in [4.78, 5) is 0. The van der Waals surface area contributed by atoms with Gasteiger partial charge in [0.25, 0.3) is 0 Å². The van der Waals surface area contributed by atoms with Crippen molar-refractivity contribution in [1.82, 2.24) is 9.78 Å². The van der Waals surface area contributed by atoms with Crippen molar-refractivity contribution < 1.29 is 4.74 Å². The van der Waals surface area contributed by atoms with E-state index < -0.39 is 0 Å². The Hall–Kier alpha value is -0.510. The Morgan fingerprint density at radius 2 is 2.42 bits per heavy atom. The molecule has 0 aliphatic heterocycles. The Balaban J connectivity index is 2.25. The number of ether oxygens (including phenoxy) is 1. The average Bonchev–Trinajstić information content (AvgIpc) is 2.30. The van der Waals surface area contributed by atoms with Crippen molar-refractivity contribution in [1.29, 1.82) is 0 Å². The van der Waals surface area contributed by atoms with E-state index in [9.17, 15) is 0 Å². The summed E-state index contributed by atoms with van der Waals surface area (Å²) in [7, 11) is 1.66. The van der Waals surface area contributed by atoms with E-state index >= 15 is 0 Å². The molecule has 2 rings (SSSR count). The molecule has 66 valence electrons. The largest absolute Gasteiger partial charge is 0.492 e. The van der Waals surface area contributed by atoms with Gasteiger partial charge in [0.2, 0.25) is 0 Å². The van der Waals surface area contributed by atoms with Crippen LogP contribution >= 0.6 is 15.9 Å². The summed E-state index contributed by atoms with van der Waals surface area (Å²) in [5, 5.41) is 4.25. The molecular weight excluding hydrogens is 220 g/mol. The molecule has 1 heterocycles. The number of rotatable bonds is 2. The van der Waals surface area contributed by atoms with Crippen LogP contribution in [0.3, 0.4) is 0 Å². The Labute approximate surface area is 79.8 Å². The van der Waals surface area contributed by atoms with Crippen LogP contribution < -0.4 is 4.74 Å². The first-order chi connectivity index (χ1) is 5.83. The second-order valence-corrected chi connectivity index (χ2v) is 3.78. The lowest BCUT2D eigenvalue weighted by Gasteiger charge is -2.26. The Kier molecular flexibility index (Phi) is 2.09. The number of halogens is 1. The normalized spacial score (nSPS) is 17.5. The van der Waals surface area contributed by atoms with Gasteiger partial charge in [-0.1, -0.05) is 0 Å². The van der Waals surface area contributed by atoms with Gasteiger partial charge in [0, 0.05) is 0 Å². The second kappa shape index (κ2) is 3.09. The van der Waals surface area contributed by atoms with Crippen molar-refractivity contribution in [3.8, 4) is 5.75 Å². The van der Waals surface area contributed by atoms with Crippen LogP contribution in [0, 0.1) is 0 Å². The highest BCUT2D eigenvalue weighted by molar-refractivity contribution is 9.10. The minimum atomic E-state index is 0.586. The molecule has 1 fully saturated rings. The third kappa shape index (κ3) is 1.14. The third-order valence-corrected chi connectivity index (χ3v) is 3.10. The van der Waals surface area contributed by atoms with Gasteiger partial charge in [0.05, 0.1) is 19.3 Å². The molecule has 0 N–H and O–H groups in total. The first kappa shape index (κ1) is 8.10. The summed E-state index contributed by atoms with van der Waals surface area (Å²) < 4.78 is 8.08. The molecule has 0 aromatic carbocycles. The van der Waals surface area contributed by atoms with Gasteiger partial charge >= 0.3 is 0 Å². The minimum Gasteiger partial charge on any atom is -0.492 e. The van der Waals surface area contributed by atoms with E-state index in [0.717, 1.165) is 10.4 Å². The highest BCUT2D eigenvalue weighted by atomic mass is 79.9. The lowest BCUT2D eigenvalue weighted by Crippen LogP contribution is -2.18. The Morgan fingerprint density at radius 3 is 2.83 bits per heavy atom.